The van der Waals surface area contributed by atoms with Gasteiger partial charge in [-0.2, -0.15) is 0 Å². The van der Waals surface area contributed by atoms with Gasteiger partial charge in [0.25, 0.3) is 0 Å². The minimum absolute atomic E-state index is 0.0494. The van der Waals surface area contributed by atoms with Gasteiger partial charge in [0.2, 0.25) is 18.1 Å². The van der Waals surface area contributed by atoms with Crippen molar-refractivity contribution >= 4 is 35.5 Å². The molecule has 10 nitrogen and oxygen atoms in total. The molecule has 288 valence electrons. The Labute approximate surface area is 321 Å². The molecule has 3 aromatic carbocycles. The number of anilines is 2. The van der Waals surface area contributed by atoms with E-state index in [4.69, 9.17) is 24.3 Å². The quantitative estimate of drug-likeness (QED) is 0.101. The second kappa shape index (κ2) is 18.1. The smallest absolute Gasteiger partial charge is 0.412 e. The average Bonchev–Trinajstić information content (AvgIpc) is 3.74. The van der Waals surface area contributed by atoms with Crippen molar-refractivity contribution in [3.05, 3.63) is 119 Å². The van der Waals surface area contributed by atoms with E-state index in [-0.39, 0.29) is 28.8 Å². The molecule has 0 bridgehead atoms. The van der Waals surface area contributed by atoms with Gasteiger partial charge in [-0.3, -0.25) is 5.32 Å². The first-order valence-corrected chi connectivity index (χ1v) is 22.5. The Kier molecular flexibility index (Phi) is 14.1. The summed E-state index contributed by atoms with van der Waals surface area (Å²) >= 11 is 0. The van der Waals surface area contributed by atoms with E-state index >= 15 is 0 Å². The summed E-state index contributed by atoms with van der Waals surface area (Å²) in [5.74, 6) is 0.502. The Morgan fingerprint density at radius 2 is 1.20 bits per heavy atom. The Hall–Kier alpha value is -4.64. The first-order chi connectivity index (χ1) is 25.3. The van der Waals surface area contributed by atoms with Crippen LogP contribution in [0.2, 0.25) is 26.2 Å². The monoisotopic (exact) mass is 774 g/mol. The normalized spacial score (nSPS) is 11.8. The molecule has 54 heavy (non-hydrogen) atoms. The summed E-state index contributed by atoms with van der Waals surface area (Å²) in [6.45, 7) is 21.7. The van der Waals surface area contributed by atoms with E-state index in [0.29, 0.717) is 30.4 Å². The Balaban J connectivity index is 0.000000258. The SMILES string of the molecule is C[Si](C)OCc1nc(C(C)(C)C)cn1-c1ccc(N)c(F)c1.C[Si](C)OCc1nc(C(C)(C)C)cn1-c1ccc(NC(=O)OCc2ccccc2)c(F)c1. The molecule has 1 amide bonds. The van der Waals surface area contributed by atoms with Crippen LogP contribution in [0.1, 0.15) is 70.1 Å². The molecule has 5 rings (SSSR count). The maximum atomic E-state index is 14.8. The Morgan fingerprint density at radius 3 is 1.65 bits per heavy atom. The van der Waals surface area contributed by atoms with Crippen LogP contribution in [0.3, 0.4) is 0 Å². The molecule has 2 heterocycles. The number of nitrogens with one attached hydrogen (secondary N) is 1. The highest BCUT2D eigenvalue weighted by atomic mass is 28.3. The lowest BCUT2D eigenvalue weighted by molar-refractivity contribution is 0.155. The van der Waals surface area contributed by atoms with Crippen molar-refractivity contribution in [3.8, 4) is 11.4 Å². The van der Waals surface area contributed by atoms with E-state index in [2.05, 4.69) is 78.0 Å². The van der Waals surface area contributed by atoms with Crippen LogP contribution in [0, 0.1) is 11.6 Å². The van der Waals surface area contributed by atoms with E-state index < -0.39 is 35.8 Å². The zero-order valence-electron chi connectivity index (χ0n) is 32.9. The van der Waals surface area contributed by atoms with Crippen LogP contribution < -0.4 is 11.1 Å². The summed E-state index contributed by atoms with van der Waals surface area (Å²) in [5, 5.41) is 2.46. The van der Waals surface area contributed by atoms with Crippen LogP contribution in [0.4, 0.5) is 25.0 Å². The minimum atomic E-state index is -0.898. The number of benzene rings is 3. The summed E-state index contributed by atoms with van der Waals surface area (Å²) in [6.07, 6.45) is 3.14. The van der Waals surface area contributed by atoms with E-state index in [9.17, 15) is 13.6 Å². The molecule has 0 saturated carbocycles. The molecule has 2 aromatic heterocycles. The number of hydrogen-bond donors (Lipinski definition) is 2. The summed E-state index contributed by atoms with van der Waals surface area (Å²) in [7, 11) is -1.72. The molecule has 0 fully saturated rings. The van der Waals surface area contributed by atoms with Gasteiger partial charge in [-0.05, 0) is 56.0 Å². The number of hydrogen-bond acceptors (Lipinski definition) is 7. The zero-order valence-corrected chi connectivity index (χ0v) is 34.9. The van der Waals surface area contributed by atoms with Gasteiger partial charge in [-0.1, -0.05) is 71.9 Å². The summed E-state index contributed by atoms with van der Waals surface area (Å²) in [4.78, 5) is 21.5. The fourth-order valence-electron chi connectivity index (χ4n) is 4.92. The summed E-state index contributed by atoms with van der Waals surface area (Å²) < 4.78 is 49.1. The van der Waals surface area contributed by atoms with Crippen LogP contribution in [-0.2, 0) is 44.2 Å². The van der Waals surface area contributed by atoms with Gasteiger partial charge in [0.05, 0.1) is 36.0 Å². The number of imidazole rings is 2. The van der Waals surface area contributed by atoms with Crippen molar-refractivity contribution in [2.24, 2.45) is 0 Å². The largest absolute Gasteiger partial charge is 0.444 e. The molecule has 0 unspecified atom stereocenters. The van der Waals surface area contributed by atoms with Crippen molar-refractivity contribution in [2.45, 2.75) is 98.4 Å². The van der Waals surface area contributed by atoms with Crippen molar-refractivity contribution < 1.29 is 27.2 Å². The molecule has 3 N–H and O–H groups in total. The lowest BCUT2D eigenvalue weighted by Gasteiger charge is -2.14. The average molecular weight is 775 g/mol. The first-order valence-electron chi connectivity index (χ1n) is 17.7. The van der Waals surface area contributed by atoms with Crippen molar-refractivity contribution in [3.63, 3.8) is 0 Å². The van der Waals surface area contributed by atoms with Crippen LogP contribution in [0.15, 0.2) is 79.1 Å². The van der Waals surface area contributed by atoms with Crippen LogP contribution >= 0.6 is 0 Å². The number of nitrogen functional groups attached to an aromatic ring is 1. The van der Waals surface area contributed by atoms with Crippen molar-refractivity contribution in [1.29, 1.82) is 0 Å². The number of nitrogens with two attached hydrogens (primary N) is 1. The summed E-state index contributed by atoms with van der Waals surface area (Å²) in [5.41, 5.74) is 9.51. The zero-order chi connectivity index (χ0) is 39.8. The number of rotatable bonds is 11. The van der Waals surface area contributed by atoms with E-state index in [1.807, 2.05) is 51.9 Å². The molecular formula is C40H52F2N6O4Si2. The second-order valence-electron chi connectivity index (χ2n) is 15.3. The topological polar surface area (TPSA) is 118 Å². The lowest BCUT2D eigenvalue weighted by atomic mass is 9.93. The molecule has 0 aliphatic heterocycles. The van der Waals surface area contributed by atoms with E-state index in [1.54, 1.807) is 18.2 Å². The predicted octanol–water partition coefficient (Wildman–Crippen LogP) is 9.48. The molecule has 2 radical (unpaired) electrons. The number of aromatic nitrogens is 4. The number of carbonyl (C=O) groups excluding carboxylic acids is 1. The molecule has 0 spiro atoms. The van der Waals surface area contributed by atoms with Gasteiger partial charge in [0.1, 0.15) is 29.9 Å². The number of ether oxygens (including phenoxy) is 1. The maximum absolute atomic E-state index is 14.8. The standard InChI is InChI=1S/C24H29FN3O3Si.C16H23FN3OSi/c1-24(2,3)21-14-28(22(27-21)16-31-32(4)5)18-11-12-20(19(25)13-18)26-23(29)30-15-17-9-7-6-8-10-17;1-16(2,3)14-9-20(15(19-14)10-21-22(4)5)11-6-7-13(18)12(17)8-11/h6-14H,15-16H2,1-5H3,(H,26,29);6-9H,10,18H2,1-5H3. The van der Waals surface area contributed by atoms with Gasteiger partial charge < -0.3 is 28.5 Å². The van der Waals surface area contributed by atoms with Crippen LogP contribution in [0.5, 0.6) is 0 Å². The molecule has 0 aliphatic rings. The maximum Gasteiger partial charge on any atom is 0.412 e. The minimum Gasteiger partial charge on any atom is -0.444 e. The lowest BCUT2D eigenvalue weighted by Crippen LogP contribution is -2.15. The second-order valence-corrected chi connectivity index (χ2v) is 19.5. The van der Waals surface area contributed by atoms with Gasteiger partial charge in [0.15, 0.2) is 0 Å². The van der Waals surface area contributed by atoms with Crippen molar-refractivity contribution in [1.82, 2.24) is 19.1 Å². The Morgan fingerprint density at radius 1 is 0.722 bits per heavy atom. The predicted molar refractivity (Wildman–Crippen MR) is 214 cm³/mol. The Bertz CT molecular complexity index is 2000. The third kappa shape index (κ3) is 11.9. The molecule has 0 saturated heterocycles. The number of halogens is 2. The van der Waals surface area contributed by atoms with Gasteiger partial charge in [-0.25, -0.2) is 23.5 Å². The first kappa shape index (κ1) is 42.1. The van der Waals surface area contributed by atoms with Crippen LogP contribution in [-0.4, -0.2) is 43.3 Å². The molecule has 14 heteroatoms. The van der Waals surface area contributed by atoms with Crippen LogP contribution in [0.25, 0.3) is 11.4 Å². The van der Waals surface area contributed by atoms with Gasteiger partial charge >= 0.3 is 6.09 Å². The molecule has 0 atom stereocenters. The number of nitrogens with zero attached hydrogens (tertiary/aromatic N) is 4. The van der Waals surface area contributed by atoms with E-state index in [1.165, 1.54) is 18.2 Å². The third-order valence-electron chi connectivity index (χ3n) is 8.02. The van der Waals surface area contributed by atoms with Crippen molar-refractivity contribution in [2.75, 3.05) is 11.1 Å². The number of amides is 1. The molecular weight excluding hydrogens is 723 g/mol. The van der Waals surface area contributed by atoms with Gasteiger partial charge in [-0.15, -0.1) is 0 Å². The third-order valence-corrected chi connectivity index (χ3v) is 9.46. The fourth-order valence-corrected chi connectivity index (χ4v) is 5.75. The fraction of sp³-hybridized carbons (Fsp3) is 0.375. The molecule has 5 aromatic rings. The van der Waals surface area contributed by atoms with Gasteiger partial charge in [0, 0.05) is 46.7 Å². The highest BCUT2D eigenvalue weighted by Gasteiger charge is 2.23. The summed E-state index contributed by atoms with van der Waals surface area (Å²) in [6, 6.07) is 18.7. The highest BCUT2D eigenvalue weighted by molar-refractivity contribution is 6.48. The van der Waals surface area contributed by atoms with E-state index in [0.717, 1.165) is 22.8 Å². The highest BCUT2D eigenvalue weighted by Crippen LogP contribution is 2.27. The number of carbonyl (C=O) groups is 1. The molecule has 0 aliphatic carbocycles.